The van der Waals surface area contributed by atoms with Gasteiger partial charge in [-0.25, -0.2) is 4.79 Å². The maximum atomic E-state index is 11.1. The van der Waals surface area contributed by atoms with Gasteiger partial charge in [-0.15, -0.1) is 12.4 Å². The Hall–Kier alpha value is -1.78. The van der Waals surface area contributed by atoms with Crippen LogP contribution in [0.2, 0.25) is 0 Å². The predicted molar refractivity (Wildman–Crippen MR) is 67.4 cm³/mol. The lowest BCUT2D eigenvalue weighted by molar-refractivity contribution is 0.559. The van der Waals surface area contributed by atoms with Crippen LogP contribution in [0.5, 0.6) is 0 Å². The first-order valence-electron chi connectivity index (χ1n) is 4.92. The number of fused-ring (bicyclic) bond motifs is 2. The molecule has 0 unspecified atom stereocenters. The van der Waals surface area contributed by atoms with Gasteiger partial charge >= 0.3 is 5.63 Å². The van der Waals surface area contributed by atoms with Crippen LogP contribution < -0.4 is 11.4 Å². The van der Waals surface area contributed by atoms with Crippen molar-refractivity contribution in [3.63, 3.8) is 0 Å². The van der Waals surface area contributed by atoms with E-state index in [0.29, 0.717) is 17.7 Å². The first-order chi connectivity index (χ1) is 7.79. The first kappa shape index (κ1) is 11.7. The summed E-state index contributed by atoms with van der Waals surface area (Å²) in [4.78, 5) is 11.1. The summed E-state index contributed by atoms with van der Waals surface area (Å²) in [5.74, 6) is 0. The van der Waals surface area contributed by atoms with Gasteiger partial charge in [0.1, 0.15) is 11.2 Å². The van der Waals surface area contributed by atoms with Crippen LogP contribution in [0.1, 0.15) is 5.56 Å². The van der Waals surface area contributed by atoms with Gasteiger partial charge < -0.3 is 14.6 Å². The van der Waals surface area contributed by atoms with E-state index < -0.39 is 0 Å². The number of hydrogen-bond acceptors (Lipinski definition) is 4. The van der Waals surface area contributed by atoms with Crippen LogP contribution in [0.15, 0.2) is 44.2 Å². The molecule has 3 aromatic rings. The SMILES string of the molecule is Cl.NCc1c2ccoc2cc2oc(=O)ccc12. The number of halogens is 1. The minimum atomic E-state index is -0.374. The van der Waals surface area contributed by atoms with E-state index in [2.05, 4.69) is 0 Å². The number of hydrogen-bond donors (Lipinski definition) is 1. The zero-order valence-corrected chi connectivity index (χ0v) is 9.62. The van der Waals surface area contributed by atoms with Gasteiger partial charge in [0.25, 0.3) is 0 Å². The molecule has 0 fully saturated rings. The maximum absolute atomic E-state index is 11.1. The van der Waals surface area contributed by atoms with Gasteiger partial charge in [-0.3, -0.25) is 0 Å². The molecule has 3 rings (SSSR count). The molecule has 0 atom stereocenters. The summed E-state index contributed by atoms with van der Waals surface area (Å²) in [6.45, 7) is 0.376. The van der Waals surface area contributed by atoms with E-state index >= 15 is 0 Å². The van der Waals surface area contributed by atoms with E-state index in [0.717, 1.165) is 16.3 Å². The molecule has 0 aliphatic carbocycles. The van der Waals surface area contributed by atoms with Crippen molar-refractivity contribution in [2.75, 3.05) is 0 Å². The molecular formula is C12H10ClNO3. The highest BCUT2D eigenvalue weighted by molar-refractivity contribution is 5.97. The Kier molecular flexibility index (Phi) is 2.92. The predicted octanol–water partition coefficient (Wildman–Crippen LogP) is 2.42. The third-order valence-corrected chi connectivity index (χ3v) is 2.67. The van der Waals surface area contributed by atoms with Crippen molar-refractivity contribution in [3.05, 3.63) is 46.5 Å². The van der Waals surface area contributed by atoms with Crippen molar-refractivity contribution in [1.82, 2.24) is 0 Å². The minimum absolute atomic E-state index is 0. The van der Waals surface area contributed by atoms with Gasteiger partial charge in [0, 0.05) is 29.4 Å². The molecule has 88 valence electrons. The summed E-state index contributed by atoms with van der Waals surface area (Å²) in [7, 11) is 0. The molecule has 2 N–H and O–H groups in total. The number of benzene rings is 1. The number of furan rings is 1. The van der Waals surface area contributed by atoms with E-state index in [1.807, 2.05) is 6.07 Å². The molecule has 0 saturated heterocycles. The van der Waals surface area contributed by atoms with Crippen molar-refractivity contribution in [2.45, 2.75) is 6.54 Å². The number of nitrogens with two attached hydrogens (primary N) is 1. The minimum Gasteiger partial charge on any atom is -0.464 e. The molecule has 0 aliphatic rings. The Morgan fingerprint density at radius 3 is 2.65 bits per heavy atom. The smallest absolute Gasteiger partial charge is 0.336 e. The second-order valence-electron chi connectivity index (χ2n) is 3.56. The van der Waals surface area contributed by atoms with Gasteiger partial charge in [-0.1, -0.05) is 0 Å². The van der Waals surface area contributed by atoms with Crippen molar-refractivity contribution in [3.8, 4) is 0 Å². The van der Waals surface area contributed by atoms with Gasteiger partial charge in [0.15, 0.2) is 0 Å². The highest BCUT2D eigenvalue weighted by Gasteiger charge is 2.09. The lowest BCUT2D eigenvalue weighted by Crippen LogP contribution is -2.00. The molecule has 2 heterocycles. The van der Waals surface area contributed by atoms with Gasteiger partial charge in [0.2, 0.25) is 0 Å². The third-order valence-electron chi connectivity index (χ3n) is 2.67. The fraction of sp³-hybridized carbons (Fsp3) is 0.0833. The molecular weight excluding hydrogens is 242 g/mol. The number of rotatable bonds is 1. The molecule has 0 spiro atoms. The molecule has 0 aliphatic heterocycles. The third kappa shape index (κ3) is 1.71. The van der Waals surface area contributed by atoms with Crippen molar-refractivity contribution in [1.29, 1.82) is 0 Å². The van der Waals surface area contributed by atoms with Crippen LogP contribution in [0.3, 0.4) is 0 Å². The lowest BCUT2D eigenvalue weighted by atomic mass is 10.1. The summed E-state index contributed by atoms with van der Waals surface area (Å²) in [5, 5.41) is 1.82. The van der Waals surface area contributed by atoms with E-state index in [9.17, 15) is 4.79 Å². The van der Waals surface area contributed by atoms with Gasteiger partial charge in [-0.05, 0) is 17.7 Å². The van der Waals surface area contributed by atoms with Crippen LogP contribution in [-0.2, 0) is 6.54 Å². The molecule has 2 aromatic heterocycles. The Bertz CT molecular complexity index is 729. The second-order valence-corrected chi connectivity index (χ2v) is 3.56. The lowest BCUT2D eigenvalue weighted by Gasteiger charge is -2.03. The van der Waals surface area contributed by atoms with Crippen LogP contribution in [-0.4, -0.2) is 0 Å². The first-order valence-corrected chi connectivity index (χ1v) is 4.92. The normalized spacial score (nSPS) is 10.6. The van der Waals surface area contributed by atoms with Crippen LogP contribution in [0.4, 0.5) is 0 Å². The molecule has 0 amide bonds. The van der Waals surface area contributed by atoms with Crippen LogP contribution >= 0.6 is 12.4 Å². The van der Waals surface area contributed by atoms with Crippen molar-refractivity contribution in [2.24, 2.45) is 5.73 Å². The second kappa shape index (κ2) is 4.24. The van der Waals surface area contributed by atoms with E-state index in [1.54, 1.807) is 18.4 Å². The highest BCUT2D eigenvalue weighted by atomic mass is 35.5. The van der Waals surface area contributed by atoms with E-state index in [-0.39, 0.29) is 18.0 Å². The van der Waals surface area contributed by atoms with E-state index in [1.165, 1.54) is 6.07 Å². The van der Waals surface area contributed by atoms with Crippen LogP contribution in [0, 0.1) is 0 Å². The fourth-order valence-electron chi connectivity index (χ4n) is 1.95. The standard InChI is InChI=1S/C12H9NO3.ClH/c13-6-9-7-1-2-12(14)16-11(7)5-10-8(9)3-4-15-10;/h1-5H,6,13H2;1H. The maximum Gasteiger partial charge on any atom is 0.336 e. The molecule has 0 saturated carbocycles. The molecule has 4 nitrogen and oxygen atoms in total. The molecule has 0 radical (unpaired) electrons. The average Bonchev–Trinajstić information content (AvgIpc) is 2.73. The molecule has 0 bridgehead atoms. The summed E-state index contributed by atoms with van der Waals surface area (Å²) < 4.78 is 10.4. The molecule has 1 aromatic carbocycles. The Morgan fingerprint density at radius 1 is 1.12 bits per heavy atom. The van der Waals surface area contributed by atoms with E-state index in [4.69, 9.17) is 14.6 Å². The quantitative estimate of drug-likeness (QED) is 0.675. The Balaban J connectivity index is 0.00000108. The highest BCUT2D eigenvalue weighted by Crippen LogP contribution is 2.27. The zero-order chi connectivity index (χ0) is 11.1. The summed E-state index contributed by atoms with van der Waals surface area (Å²) >= 11 is 0. The monoisotopic (exact) mass is 251 g/mol. The molecule has 17 heavy (non-hydrogen) atoms. The van der Waals surface area contributed by atoms with Crippen LogP contribution in [0.25, 0.3) is 21.9 Å². The summed E-state index contributed by atoms with van der Waals surface area (Å²) in [6.07, 6.45) is 1.60. The van der Waals surface area contributed by atoms with Crippen molar-refractivity contribution >= 4 is 34.3 Å². The Morgan fingerprint density at radius 2 is 1.88 bits per heavy atom. The topological polar surface area (TPSA) is 69.4 Å². The van der Waals surface area contributed by atoms with Gasteiger partial charge in [-0.2, -0.15) is 0 Å². The summed E-state index contributed by atoms with van der Waals surface area (Å²) in [5.41, 5.74) is 7.47. The largest absolute Gasteiger partial charge is 0.464 e. The Labute approximate surface area is 102 Å². The average molecular weight is 252 g/mol. The fourth-order valence-corrected chi connectivity index (χ4v) is 1.95. The van der Waals surface area contributed by atoms with Gasteiger partial charge in [0.05, 0.1) is 6.26 Å². The summed E-state index contributed by atoms with van der Waals surface area (Å²) in [6, 6.07) is 6.70. The molecule has 5 heteroatoms. The zero-order valence-electron chi connectivity index (χ0n) is 8.80. The van der Waals surface area contributed by atoms with Crippen molar-refractivity contribution < 1.29 is 8.83 Å².